The van der Waals surface area contributed by atoms with Crippen LogP contribution in [0.4, 0.5) is 5.69 Å². The van der Waals surface area contributed by atoms with E-state index in [4.69, 9.17) is 11.6 Å². The fraction of sp³-hybridized carbons (Fsp3) is 0.435. The van der Waals surface area contributed by atoms with Gasteiger partial charge in [0.15, 0.2) is 0 Å². The van der Waals surface area contributed by atoms with E-state index >= 15 is 0 Å². The summed E-state index contributed by atoms with van der Waals surface area (Å²) in [7, 11) is 1.88. The molecular weight excluding hydrogens is 404 g/mol. The lowest BCUT2D eigenvalue weighted by molar-refractivity contribution is -0.105. The molecule has 4 nitrogen and oxygen atoms in total. The van der Waals surface area contributed by atoms with Crippen molar-refractivity contribution in [2.75, 3.05) is 12.4 Å². The first kappa shape index (κ1) is 22.2. The number of hydrogen-bond donors (Lipinski definition) is 3. The molecule has 0 heterocycles. The molecule has 3 N–H and O–H groups in total. The molecule has 0 saturated carbocycles. The second kappa shape index (κ2) is 9.52. The summed E-state index contributed by atoms with van der Waals surface area (Å²) in [6, 6.07) is 7.88. The van der Waals surface area contributed by atoms with Crippen molar-refractivity contribution < 1.29 is 9.90 Å². The number of amides is 1. The zero-order valence-corrected chi connectivity index (χ0v) is 18.8. The van der Waals surface area contributed by atoms with Gasteiger partial charge >= 0.3 is 0 Å². The van der Waals surface area contributed by atoms with Crippen molar-refractivity contribution in [2.24, 2.45) is 0 Å². The molecule has 0 radical (unpaired) electrons. The summed E-state index contributed by atoms with van der Waals surface area (Å²) < 4.78 is 3.00. The highest BCUT2D eigenvalue weighted by Crippen LogP contribution is 2.43. The van der Waals surface area contributed by atoms with E-state index in [-0.39, 0.29) is 0 Å². The maximum atomic E-state index is 10.7. The Bertz CT molecular complexity index is 858. The Balaban J connectivity index is 0.000000170. The lowest BCUT2D eigenvalue weighted by Gasteiger charge is -2.18. The lowest BCUT2D eigenvalue weighted by atomic mass is 9.98. The van der Waals surface area contributed by atoms with Crippen molar-refractivity contribution in [1.29, 1.82) is 0 Å². The normalized spacial score (nSPS) is 14.7. The van der Waals surface area contributed by atoms with Crippen molar-refractivity contribution in [2.45, 2.75) is 62.9 Å². The minimum absolute atomic E-state index is 0.760. The van der Waals surface area contributed by atoms with Gasteiger partial charge in [0, 0.05) is 15.6 Å². The van der Waals surface area contributed by atoms with Gasteiger partial charge in [0.1, 0.15) is 0 Å². The van der Waals surface area contributed by atoms with Crippen molar-refractivity contribution in [1.82, 2.24) is 4.72 Å². The molecule has 1 amide bonds. The molecule has 0 aromatic heterocycles. The van der Waals surface area contributed by atoms with E-state index in [2.05, 4.69) is 10.0 Å². The Labute approximate surface area is 182 Å². The van der Waals surface area contributed by atoms with Crippen LogP contribution in [0.3, 0.4) is 0 Å². The third-order valence-corrected chi connectivity index (χ3v) is 6.68. The number of hydrogen-bond acceptors (Lipinski definition) is 4. The van der Waals surface area contributed by atoms with Crippen LogP contribution >= 0.6 is 23.5 Å². The van der Waals surface area contributed by atoms with E-state index in [1.807, 2.05) is 31.3 Å². The van der Waals surface area contributed by atoms with E-state index in [1.54, 1.807) is 25.8 Å². The average molecular weight is 433 g/mol. The molecule has 0 atom stereocenters. The highest BCUT2D eigenvalue weighted by atomic mass is 35.5. The van der Waals surface area contributed by atoms with Crippen LogP contribution in [0.2, 0.25) is 5.02 Å². The number of benzene rings is 2. The Morgan fingerprint density at radius 3 is 2.17 bits per heavy atom. The molecule has 6 heteroatoms. The maximum absolute atomic E-state index is 10.7. The summed E-state index contributed by atoms with van der Waals surface area (Å²) in [6.07, 6.45) is 7.35. The third-order valence-electron chi connectivity index (χ3n) is 5.53. The number of nitrogens with one attached hydrogen (secondary N) is 2. The van der Waals surface area contributed by atoms with Crippen LogP contribution in [0.25, 0.3) is 0 Å². The molecule has 2 aliphatic carbocycles. The van der Waals surface area contributed by atoms with Gasteiger partial charge in [0.2, 0.25) is 6.41 Å². The van der Waals surface area contributed by atoms with Gasteiger partial charge in [0.25, 0.3) is 0 Å². The van der Waals surface area contributed by atoms with Crippen LogP contribution < -0.4 is 10.0 Å². The highest BCUT2D eigenvalue weighted by molar-refractivity contribution is 7.97. The summed E-state index contributed by atoms with van der Waals surface area (Å²) in [5.74, 6) is 0. The molecule has 0 unspecified atom stereocenters. The Morgan fingerprint density at radius 1 is 1.07 bits per heavy atom. The van der Waals surface area contributed by atoms with Crippen LogP contribution in [0.1, 0.15) is 54.5 Å². The van der Waals surface area contributed by atoms with Crippen molar-refractivity contribution >= 4 is 35.6 Å². The summed E-state index contributed by atoms with van der Waals surface area (Å²) >= 11 is 8.00. The van der Waals surface area contributed by atoms with Crippen LogP contribution in [0, 0.1) is 0 Å². The molecule has 0 aliphatic heterocycles. The molecule has 0 saturated heterocycles. The van der Waals surface area contributed by atoms with Gasteiger partial charge in [-0.05, 0) is 111 Å². The Hall–Kier alpha value is -1.53. The van der Waals surface area contributed by atoms with Crippen LogP contribution in [-0.2, 0) is 36.1 Å². The first-order valence-electron chi connectivity index (χ1n) is 10.1. The number of anilines is 1. The molecule has 2 aromatic rings. The average Bonchev–Trinajstić information content (AvgIpc) is 3.36. The van der Waals surface area contributed by atoms with Gasteiger partial charge in [-0.15, -0.1) is 0 Å². The number of rotatable bonds is 5. The molecule has 29 heavy (non-hydrogen) atoms. The zero-order valence-electron chi connectivity index (χ0n) is 17.3. The number of carbonyl (C=O) groups is 1. The summed E-state index contributed by atoms with van der Waals surface area (Å²) in [5.41, 5.74) is 6.39. The first-order valence-corrected chi connectivity index (χ1v) is 11.3. The standard InChI is InChI=1S/C13H14ClNO.C10H15NOS/c14-12-8-3-1-5-10(8)13(15-7-16)11-6-2-4-9(11)12;1-10(2,12)8-5-4-6-9(7-8)13-11-3/h7H,1-6H2,(H,15,16);4-7,11-12H,1-3H3. The molecule has 4 rings (SSSR count). The quantitative estimate of drug-likeness (QED) is 0.458. The Kier molecular flexibility index (Phi) is 7.28. The summed E-state index contributed by atoms with van der Waals surface area (Å²) in [6.45, 7) is 3.58. The number of halogens is 1. The molecule has 2 aromatic carbocycles. The van der Waals surface area contributed by atoms with Crippen LogP contribution in [0.5, 0.6) is 0 Å². The number of carbonyl (C=O) groups excluding carboxylic acids is 1. The number of aliphatic hydroxyl groups is 1. The monoisotopic (exact) mass is 432 g/mol. The van der Waals surface area contributed by atoms with E-state index < -0.39 is 5.60 Å². The predicted octanol–water partition coefficient (Wildman–Crippen LogP) is 5.03. The third kappa shape index (κ3) is 4.97. The second-order valence-electron chi connectivity index (χ2n) is 7.97. The lowest BCUT2D eigenvalue weighted by Crippen LogP contribution is -2.15. The smallest absolute Gasteiger partial charge is 0.211 e. The van der Waals surface area contributed by atoms with Crippen molar-refractivity contribution in [3.05, 3.63) is 57.1 Å². The van der Waals surface area contributed by atoms with Gasteiger partial charge in [0.05, 0.1) is 5.60 Å². The van der Waals surface area contributed by atoms with Gasteiger partial charge in [-0.2, -0.15) is 0 Å². The van der Waals surface area contributed by atoms with E-state index in [0.717, 1.165) is 66.1 Å². The first-order chi connectivity index (χ1) is 13.9. The molecule has 0 bridgehead atoms. The fourth-order valence-electron chi connectivity index (χ4n) is 4.18. The predicted molar refractivity (Wildman–Crippen MR) is 122 cm³/mol. The molecule has 2 aliphatic rings. The molecular formula is C23H29ClN2O2S. The SMILES string of the molecule is CNSc1cccc(C(C)(C)O)c1.O=CNc1c2c(c(Cl)c3c1CCC3)CCC2. The van der Waals surface area contributed by atoms with E-state index in [9.17, 15) is 9.90 Å². The highest BCUT2D eigenvalue weighted by Gasteiger charge is 2.27. The number of fused-ring (bicyclic) bond motifs is 2. The van der Waals surface area contributed by atoms with E-state index in [0.29, 0.717) is 0 Å². The zero-order chi connectivity index (χ0) is 21.0. The van der Waals surface area contributed by atoms with Crippen LogP contribution in [0.15, 0.2) is 29.2 Å². The molecule has 0 spiro atoms. The maximum Gasteiger partial charge on any atom is 0.211 e. The minimum atomic E-state index is -0.760. The van der Waals surface area contributed by atoms with E-state index in [1.165, 1.54) is 22.3 Å². The second-order valence-corrected chi connectivity index (χ2v) is 9.43. The van der Waals surface area contributed by atoms with Crippen molar-refractivity contribution in [3.8, 4) is 0 Å². The van der Waals surface area contributed by atoms with Gasteiger partial charge < -0.3 is 10.4 Å². The molecule has 0 fully saturated rings. The minimum Gasteiger partial charge on any atom is -0.386 e. The van der Waals surface area contributed by atoms with Gasteiger partial charge in [-0.3, -0.25) is 9.52 Å². The Morgan fingerprint density at radius 2 is 1.66 bits per heavy atom. The largest absolute Gasteiger partial charge is 0.386 e. The topological polar surface area (TPSA) is 61.4 Å². The summed E-state index contributed by atoms with van der Waals surface area (Å²) in [5, 5.41) is 13.6. The molecule has 156 valence electrons. The fourth-order valence-corrected chi connectivity index (χ4v) is 5.16. The van der Waals surface area contributed by atoms with Gasteiger partial charge in [-0.1, -0.05) is 23.7 Å². The van der Waals surface area contributed by atoms with Crippen LogP contribution in [-0.4, -0.2) is 18.6 Å². The van der Waals surface area contributed by atoms with Gasteiger partial charge in [-0.25, -0.2) is 0 Å². The van der Waals surface area contributed by atoms with Crippen molar-refractivity contribution in [3.63, 3.8) is 0 Å². The summed E-state index contributed by atoms with van der Waals surface area (Å²) in [4.78, 5) is 11.8.